The number of amides is 1. The van der Waals surface area contributed by atoms with Crippen LogP contribution in [0.1, 0.15) is 53.0 Å². The van der Waals surface area contributed by atoms with Gasteiger partial charge >= 0.3 is 5.97 Å². The summed E-state index contributed by atoms with van der Waals surface area (Å²) in [5, 5.41) is 15.8. The van der Waals surface area contributed by atoms with Crippen molar-refractivity contribution in [3.05, 3.63) is 80.7 Å². The van der Waals surface area contributed by atoms with Gasteiger partial charge in [-0.15, -0.1) is 11.3 Å². The first-order chi connectivity index (χ1) is 15.4. The van der Waals surface area contributed by atoms with Gasteiger partial charge < -0.3 is 10.1 Å². The Kier molecular flexibility index (Phi) is 7.72. The molecule has 0 unspecified atom stereocenters. The van der Waals surface area contributed by atoms with Crippen LogP contribution in [0.3, 0.4) is 0 Å². The second kappa shape index (κ2) is 10.7. The van der Waals surface area contributed by atoms with Gasteiger partial charge in [-0.3, -0.25) is 14.9 Å². The van der Waals surface area contributed by atoms with Gasteiger partial charge in [-0.25, -0.2) is 4.79 Å². The number of rotatable bonds is 9. The third kappa shape index (κ3) is 5.39. The van der Waals surface area contributed by atoms with Crippen LogP contribution in [0.15, 0.2) is 53.9 Å². The maximum Gasteiger partial charge on any atom is 0.341 e. The highest BCUT2D eigenvalue weighted by molar-refractivity contribution is 7.15. The first-order valence-corrected chi connectivity index (χ1v) is 11.3. The maximum atomic E-state index is 12.8. The Hall–Kier alpha value is -3.52. The Labute approximate surface area is 190 Å². The van der Waals surface area contributed by atoms with Crippen LogP contribution in [0.25, 0.3) is 11.1 Å². The molecule has 0 atom stereocenters. The Morgan fingerprint density at radius 3 is 2.31 bits per heavy atom. The van der Waals surface area contributed by atoms with Crippen molar-refractivity contribution in [3.8, 4) is 11.1 Å². The molecule has 0 aliphatic carbocycles. The van der Waals surface area contributed by atoms with Crippen molar-refractivity contribution in [1.82, 2.24) is 0 Å². The molecule has 1 heterocycles. The van der Waals surface area contributed by atoms with E-state index in [0.717, 1.165) is 18.4 Å². The fourth-order valence-electron chi connectivity index (χ4n) is 3.18. The van der Waals surface area contributed by atoms with Gasteiger partial charge in [0.25, 0.3) is 11.6 Å². The molecule has 1 amide bonds. The van der Waals surface area contributed by atoms with E-state index in [4.69, 9.17) is 4.74 Å². The number of non-ortho nitro benzene ring substituents is 1. The summed E-state index contributed by atoms with van der Waals surface area (Å²) in [5.74, 6) is -0.962. The van der Waals surface area contributed by atoms with Crippen molar-refractivity contribution in [2.75, 3.05) is 11.9 Å². The lowest BCUT2D eigenvalue weighted by Crippen LogP contribution is -2.15. The zero-order chi connectivity index (χ0) is 23.1. The highest BCUT2D eigenvalue weighted by Gasteiger charge is 2.23. The molecule has 0 radical (unpaired) electrons. The van der Waals surface area contributed by atoms with E-state index in [-0.39, 0.29) is 17.9 Å². The number of esters is 1. The fraction of sp³-hybridized carbons (Fsp3) is 0.250. The number of hydrogen-bond donors (Lipinski definition) is 1. The normalized spacial score (nSPS) is 10.6. The minimum atomic E-state index is -0.527. The molecule has 0 saturated carbocycles. The lowest BCUT2D eigenvalue weighted by Gasteiger charge is -2.10. The van der Waals surface area contributed by atoms with E-state index in [1.54, 1.807) is 0 Å². The Bertz CT molecular complexity index is 1100. The molecule has 1 aromatic heterocycles. The van der Waals surface area contributed by atoms with E-state index in [9.17, 15) is 19.7 Å². The first kappa shape index (κ1) is 23.1. The van der Waals surface area contributed by atoms with Crippen LogP contribution in [0.2, 0.25) is 0 Å². The zero-order valence-electron chi connectivity index (χ0n) is 17.9. The average Bonchev–Trinajstić information content (AvgIpc) is 3.21. The molecule has 1 N–H and O–H groups in total. The number of aryl methyl sites for hydroxylation is 1. The number of carbonyl (C=O) groups is 2. The summed E-state index contributed by atoms with van der Waals surface area (Å²) in [5.41, 5.74) is 3.23. The molecule has 2 aromatic carbocycles. The van der Waals surface area contributed by atoms with Crippen LogP contribution in [0, 0.1) is 10.1 Å². The summed E-state index contributed by atoms with van der Waals surface area (Å²) in [6, 6.07) is 13.3. The molecular formula is C24H24N2O5S. The number of benzene rings is 2. The number of nitrogens with one attached hydrogen (secondary N) is 1. The molecular weight excluding hydrogens is 428 g/mol. The molecule has 0 saturated heterocycles. The van der Waals surface area contributed by atoms with E-state index >= 15 is 0 Å². The van der Waals surface area contributed by atoms with Crippen LogP contribution >= 0.6 is 11.3 Å². The van der Waals surface area contributed by atoms with Gasteiger partial charge in [-0.2, -0.15) is 0 Å². The molecule has 0 aliphatic heterocycles. The number of nitro groups is 1. The third-order valence-electron chi connectivity index (χ3n) is 4.80. The monoisotopic (exact) mass is 452 g/mol. The molecule has 8 heteroatoms. The molecule has 3 aromatic rings. The standard InChI is InChI=1S/C24H24N2O5S/c1-3-5-16-6-8-17(9-7-16)20-15-32-23(21(20)24(28)31-14-4-2)25-22(27)18-10-12-19(13-11-18)26(29)30/h6-13,15H,3-5,14H2,1-2H3,(H,25,27). The van der Waals surface area contributed by atoms with Gasteiger partial charge in [0.05, 0.1) is 11.5 Å². The second-order valence-electron chi connectivity index (χ2n) is 7.19. The number of thiophene rings is 1. The Balaban J connectivity index is 1.91. The molecule has 3 rings (SSSR count). The van der Waals surface area contributed by atoms with Crippen LogP contribution in [0.4, 0.5) is 10.7 Å². The average molecular weight is 453 g/mol. The highest BCUT2D eigenvalue weighted by Crippen LogP contribution is 2.36. The van der Waals surface area contributed by atoms with E-state index in [1.807, 2.05) is 36.6 Å². The van der Waals surface area contributed by atoms with E-state index in [2.05, 4.69) is 12.2 Å². The van der Waals surface area contributed by atoms with Gasteiger partial charge in [0.1, 0.15) is 10.6 Å². The van der Waals surface area contributed by atoms with Crippen molar-refractivity contribution in [2.45, 2.75) is 33.1 Å². The van der Waals surface area contributed by atoms with Gasteiger partial charge in [0, 0.05) is 28.6 Å². The first-order valence-electron chi connectivity index (χ1n) is 10.4. The minimum absolute atomic E-state index is 0.102. The van der Waals surface area contributed by atoms with Crippen molar-refractivity contribution < 1.29 is 19.2 Å². The molecule has 0 aliphatic rings. The molecule has 32 heavy (non-hydrogen) atoms. The Morgan fingerprint density at radius 1 is 1.03 bits per heavy atom. The van der Waals surface area contributed by atoms with Gasteiger partial charge in [0.2, 0.25) is 0 Å². The summed E-state index contributed by atoms with van der Waals surface area (Å²) in [4.78, 5) is 35.9. The third-order valence-corrected chi connectivity index (χ3v) is 5.70. The number of nitro benzene ring substituents is 1. The van der Waals surface area contributed by atoms with Gasteiger partial charge in [0.15, 0.2) is 0 Å². The number of carbonyl (C=O) groups excluding carboxylic acids is 2. The molecule has 0 fully saturated rings. The van der Waals surface area contributed by atoms with Crippen LogP contribution < -0.4 is 5.32 Å². The Morgan fingerprint density at radius 2 is 1.72 bits per heavy atom. The minimum Gasteiger partial charge on any atom is -0.462 e. The zero-order valence-corrected chi connectivity index (χ0v) is 18.7. The molecule has 0 spiro atoms. The predicted molar refractivity (Wildman–Crippen MR) is 125 cm³/mol. The molecule has 7 nitrogen and oxygen atoms in total. The lowest BCUT2D eigenvalue weighted by molar-refractivity contribution is -0.384. The van der Waals surface area contributed by atoms with Crippen LogP contribution in [0.5, 0.6) is 0 Å². The lowest BCUT2D eigenvalue weighted by atomic mass is 10.0. The van der Waals surface area contributed by atoms with Crippen molar-refractivity contribution in [1.29, 1.82) is 0 Å². The van der Waals surface area contributed by atoms with E-state index in [1.165, 1.54) is 41.2 Å². The van der Waals surface area contributed by atoms with Crippen molar-refractivity contribution >= 4 is 33.9 Å². The second-order valence-corrected chi connectivity index (χ2v) is 8.07. The van der Waals surface area contributed by atoms with Crippen LogP contribution in [-0.4, -0.2) is 23.4 Å². The van der Waals surface area contributed by atoms with Gasteiger partial charge in [-0.05, 0) is 36.1 Å². The summed E-state index contributed by atoms with van der Waals surface area (Å²) in [6.07, 6.45) is 2.71. The van der Waals surface area contributed by atoms with E-state index < -0.39 is 16.8 Å². The number of nitrogens with zero attached hydrogens (tertiary/aromatic N) is 1. The van der Waals surface area contributed by atoms with Gasteiger partial charge in [-0.1, -0.05) is 44.5 Å². The summed E-state index contributed by atoms with van der Waals surface area (Å²) in [6.45, 7) is 4.30. The maximum absolute atomic E-state index is 12.8. The number of hydrogen-bond acceptors (Lipinski definition) is 6. The van der Waals surface area contributed by atoms with Crippen LogP contribution in [-0.2, 0) is 11.2 Å². The molecule has 166 valence electrons. The number of ether oxygens (including phenoxy) is 1. The largest absolute Gasteiger partial charge is 0.462 e. The highest BCUT2D eigenvalue weighted by atomic mass is 32.1. The fourth-order valence-corrected chi connectivity index (χ4v) is 4.13. The van der Waals surface area contributed by atoms with Crippen molar-refractivity contribution in [2.24, 2.45) is 0 Å². The SMILES string of the molecule is CCCOC(=O)c1c(-c2ccc(CCC)cc2)csc1NC(=O)c1ccc([N+](=O)[O-])cc1. The quantitative estimate of drug-likeness (QED) is 0.240. The summed E-state index contributed by atoms with van der Waals surface area (Å²) >= 11 is 1.24. The topological polar surface area (TPSA) is 98.5 Å². The molecule has 0 bridgehead atoms. The van der Waals surface area contributed by atoms with Crippen molar-refractivity contribution in [3.63, 3.8) is 0 Å². The van der Waals surface area contributed by atoms with E-state index in [0.29, 0.717) is 22.5 Å². The summed E-state index contributed by atoms with van der Waals surface area (Å²) in [7, 11) is 0. The number of anilines is 1. The summed E-state index contributed by atoms with van der Waals surface area (Å²) < 4.78 is 5.37. The smallest absolute Gasteiger partial charge is 0.341 e. The predicted octanol–water partition coefficient (Wildman–Crippen LogP) is 6.09.